The van der Waals surface area contributed by atoms with E-state index in [1.807, 2.05) is 47.0 Å². The van der Waals surface area contributed by atoms with Crippen molar-refractivity contribution in [2.45, 2.75) is 25.8 Å². The summed E-state index contributed by atoms with van der Waals surface area (Å²) in [6, 6.07) is 22.3. The Balaban J connectivity index is 1.62. The van der Waals surface area contributed by atoms with E-state index in [9.17, 15) is 9.59 Å². The van der Waals surface area contributed by atoms with Gasteiger partial charge in [-0.3, -0.25) is 14.2 Å². The molecule has 6 rings (SSSR count). The zero-order chi connectivity index (χ0) is 25.7. The molecule has 0 amide bonds. The van der Waals surface area contributed by atoms with Crippen LogP contribution in [0.5, 0.6) is 5.75 Å². The van der Waals surface area contributed by atoms with Gasteiger partial charge in [0, 0.05) is 21.6 Å². The summed E-state index contributed by atoms with van der Waals surface area (Å²) in [4.78, 5) is 31.5. The molecule has 4 aromatic rings. The van der Waals surface area contributed by atoms with Crippen LogP contribution in [0.3, 0.4) is 0 Å². The van der Waals surface area contributed by atoms with Crippen LogP contribution in [0.1, 0.15) is 41.6 Å². The van der Waals surface area contributed by atoms with Crippen LogP contribution in [0.4, 0.5) is 0 Å². The van der Waals surface area contributed by atoms with Gasteiger partial charge in [-0.25, -0.2) is 4.99 Å². The number of rotatable bonds is 3. The molecule has 2 heterocycles. The third kappa shape index (κ3) is 4.52. The number of halogens is 2. The molecule has 8 heteroatoms. The number of benzene rings is 3. The summed E-state index contributed by atoms with van der Waals surface area (Å²) in [6.45, 7) is 1.38. The lowest BCUT2D eigenvalue weighted by Crippen LogP contribution is -2.38. The second kappa shape index (κ2) is 9.95. The predicted molar refractivity (Wildman–Crippen MR) is 162 cm³/mol. The number of carbonyl (C=O) groups is 1. The van der Waals surface area contributed by atoms with Gasteiger partial charge < -0.3 is 4.74 Å². The first kappa shape index (κ1) is 24.7. The van der Waals surface area contributed by atoms with E-state index in [4.69, 9.17) is 9.73 Å². The van der Waals surface area contributed by atoms with Crippen LogP contribution >= 0.6 is 56.5 Å². The third-order valence-corrected chi connectivity index (χ3v) is 8.96. The molecule has 0 fully saturated rings. The molecule has 1 aliphatic carbocycles. The number of ether oxygens (including phenoxy) is 1. The lowest BCUT2D eigenvalue weighted by Gasteiger charge is -2.30. The number of fused-ring (bicyclic) bond motifs is 3. The van der Waals surface area contributed by atoms with Crippen LogP contribution in [0.2, 0.25) is 0 Å². The van der Waals surface area contributed by atoms with E-state index in [1.165, 1.54) is 29.4 Å². The topological polar surface area (TPSA) is 60.7 Å². The maximum Gasteiger partial charge on any atom is 0.308 e. The van der Waals surface area contributed by atoms with Crippen molar-refractivity contribution in [3.8, 4) is 5.75 Å². The summed E-state index contributed by atoms with van der Waals surface area (Å²) >= 11 is 5.77. The Morgan fingerprint density at radius 3 is 2.62 bits per heavy atom. The van der Waals surface area contributed by atoms with Gasteiger partial charge in [-0.2, -0.15) is 0 Å². The number of nitrogens with zero attached hydrogens (tertiary/aromatic N) is 2. The van der Waals surface area contributed by atoms with Crippen molar-refractivity contribution in [2.75, 3.05) is 0 Å². The minimum absolute atomic E-state index is 0.0920. The maximum atomic E-state index is 14.0. The van der Waals surface area contributed by atoms with Gasteiger partial charge in [0.05, 0.1) is 19.8 Å². The predicted octanol–water partition coefficient (Wildman–Crippen LogP) is 5.45. The van der Waals surface area contributed by atoms with Crippen molar-refractivity contribution in [1.82, 2.24) is 4.57 Å². The van der Waals surface area contributed by atoms with Crippen LogP contribution in [-0.4, -0.2) is 10.5 Å². The number of thiazole rings is 1. The molecule has 3 aromatic carbocycles. The van der Waals surface area contributed by atoms with Crippen LogP contribution in [0.25, 0.3) is 11.8 Å². The highest BCUT2D eigenvalue weighted by molar-refractivity contribution is 14.1. The van der Waals surface area contributed by atoms with Crippen molar-refractivity contribution < 1.29 is 9.53 Å². The van der Waals surface area contributed by atoms with E-state index in [-0.39, 0.29) is 11.6 Å². The molecule has 1 aromatic heterocycles. The fraction of sp³-hybridized carbons (Fsp3) is 0.138. The van der Waals surface area contributed by atoms with Crippen LogP contribution in [-0.2, 0) is 11.2 Å². The number of aryl methyl sites for hydroxylation is 1. The lowest BCUT2D eigenvalue weighted by atomic mass is 9.83. The summed E-state index contributed by atoms with van der Waals surface area (Å²) < 4.78 is 9.73. The molecule has 0 saturated carbocycles. The molecule has 0 bridgehead atoms. The first-order chi connectivity index (χ1) is 17.9. The molecular weight excluding hydrogens is 710 g/mol. The molecule has 1 aliphatic heterocycles. The van der Waals surface area contributed by atoms with Crippen molar-refractivity contribution in [2.24, 2.45) is 4.99 Å². The second-order valence-corrected chi connectivity index (χ2v) is 12.3. The summed E-state index contributed by atoms with van der Waals surface area (Å²) in [5, 5.41) is 0. The van der Waals surface area contributed by atoms with E-state index < -0.39 is 5.97 Å². The fourth-order valence-corrected chi connectivity index (χ4v) is 8.03. The summed E-state index contributed by atoms with van der Waals surface area (Å²) in [6.07, 6.45) is 3.60. The van der Waals surface area contributed by atoms with Gasteiger partial charge >= 0.3 is 5.97 Å². The van der Waals surface area contributed by atoms with Gasteiger partial charge in [-0.1, -0.05) is 65.9 Å². The van der Waals surface area contributed by atoms with Crippen molar-refractivity contribution in [3.63, 3.8) is 0 Å². The largest absolute Gasteiger partial charge is 0.425 e. The molecule has 184 valence electrons. The number of esters is 1. The van der Waals surface area contributed by atoms with Crippen molar-refractivity contribution >= 4 is 74.3 Å². The minimum atomic E-state index is -0.398. The van der Waals surface area contributed by atoms with Gasteiger partial charge in [0.15, 0.2) is 10.6 Å². The first-order valence-electron chi connectivity index (χ1n) is 11.8. The highest BCUT2D eigenvalue weighted by atomic mass is 127. The molecule has 37 heavy (non-hydrogen) atoms. The quantitative estimate of drug-likeness (QED) is 0.160. The Kier molecular flexibility index (Phi) is 6.66. The minimum Gasteiger partial charge on any atom is -0.425 e. The lowest BCUT2D eigenvalue weighted by molar-refractivity contribution is -0.131. The zero-order valence-corrected chi connectivity index (χ0v) is 24.8. The summed E-state index contributed by atoms with van der Waals surface area (Å²) in [5.74, 6) is 0.0674. The van der Waals surface area contributed by atoms with Gasteiger partial charge in [-0.15, -0.1) is 0 Å². The van der Waals surface area contributed by atoms with E-state index in [2.05, 4.69) is 75.5 Å². The molecule has 0 saturated heterocycles. The van der Waals surface area contributed by atoms with Gasteiger partial charge in [0.1, 0.15) is 0 Å². The zero-order valence-electron chi connectivity index (χ0n) is 19.7. The first-order valence-corrected chi connectivity index (χ1v) is 14.7. The molecule has 0 unspecified atom stereocenters. The number of aromatic nitrogens is 1. The normalized spacial score (nSPS) is 16.5. The number of hydrogen-bond donors (Lipinski definition) is 0. The highest BCUT2D eigenvalue weighted by Crippen LogP contribution is 2.41. The third-order valence-electron chi connectivity index (χ3n) is 6.56. The standard InChI is InChI=1S/C29H20I2N2O3S/c1-16(34)36-27-19(13-20(30)15-23(27)31)14-24-28(35)33-26(18-8-3-2-4-9-18)22-12-11-17-7-5-6-10-21(17)25(22)32-29(33)37-24/h2-10,13-15,26H,11-12H2,1H3/b24-14+/t26-/m1/s1. The Morgan fingerprint density at radius 1 is 1.08 bits per heavy atom. The number of hydrogen-bond acceptors (Lipinski definition) is 5. The molecule has 0 radical (unpaired) electrons. The van der Waals surface area contributed by atoms with Gasteiger partial charge in [-0.05, 0) is 92.9 Å². The second-order valence-electron chi connectivity index (χ2n) is 8.92. The Hall–Kier alpha value is -2.57. The van der Waals surface area contributed by atoms with E-state index in [0.29, 0.717) is 20.6 Å². The molecular formula is C29H20I2N2O3S. The summed E-state index contributed by atoms with van der Waals surface area (Å²) in [7, 11) is 0. The smallest absolute Gasteiger partial charge is 0.308 e. The van der Waals surface area contributed by atoms with Crippen molar-refractivity contribution in [3.05, 3.63) is 121 Å². The van der Waals surface area contributed by atoms with Crippen LogP contribution in [0.15, 0.2) is 82.1 Å². The van der Waals surface area contributed by atoms with Gasteiger partial charge in [0.25, 0.3) is 5.56 Å². The molecule has 1 atom stereocenters. The monoisotopic (exact) mass is 730 g/mol. The van der Waals surface area contributed by atoms with E-state index in [0.717, 1.165) is 36.8 Å². The molecule has 5 nitrogen and oxygen atoms in total. The molecule has 0 spiro atoms. The Bertz CT molecular complexity index is 1790. The van der Waals surface area contributed by atoms with E-state index >= 15 is 0 Å². The Labute approximate surface area is 244 Å². The number of allylic oxidation sites excluding steroid dienone is 1. The van der Waals surface area contributed by atoms with E-state index in [1.54, 1.807) is 0 Å². The molecule has 0 N–H and O–H groups in total. The van der Waals surface area contributed by atoms with Crippen LogP contribution in [0, 0.1) is 7.14 Å². The Morgan fingerprint density at radius 2 is 1.84 bits per heavy atom. The highest BCUT2D eigenvalue weighted by Gasteiger charge is 2.32. The fourth-order valence-electron chi connectivity index (χ4n) is 5.04. The van der Waals surface area contributed by atoms with Gasteiger partial charge in [0.2, 0.25) is 0 Å². The average molecular weight is 730 g/mol. The number of carbonyl (C=O) groups excluding carboxylic acids is 1. The van der Waals surface area contributed by atoms with Crippen LogP contribution < -0.4 is 19.6 Å². The average Bonchev–Trinajstić information content (AvgIpc) is 3.19. The van der Waals surface area contributed by atoms with Crippen molar-refractivity contribution in [1.29, 1.82) is 0 Å². The molecule has 2 aliphatic rings. The SMILES string of the molecule is CC(=O)Oc1c(I)cc(I)cc1/C=c1/sc2n(c1=O)[C@H](c1ccccc1)C1=C(N=2)c2ccccc2CC1. The maximum absolute atomic E-state index is 14.0. The summed E-state index contributed by atoms with van der Waals surface area (Å²) in [5.41, 5.74) is 6.26.